The maximum Gasteiger partial charge on any atom is 0.208 e. The van der Waals surface area contributed by atoms with Crippen molar-refractivity contribution < 1.29 is 4.39 Å². The number of nitrogen functional groups attached to an aromatic ring is 1. The normalized spacial score (nSPS) is 10.7. The molecule has 1 heterocycles. The predicted molar refractivity (Wildman–Crippen MR) is 73.9 cm³/mol. The van der Waals surface area contributed by atoms with Crippen LogP contribution in [0.25, 0.3) is 0 Å². The van der Waals surface area contributed by atoms with E-state index in [-0.39, 0.29) is 5.82 Å². The van der Waals surface area contributed by atoms with Crippen molar-refractivity contribution in [3.05, 3.63) is 23.5 Å². The summed E-state index contributed by atoms with van der Waals surface area (Å²) < 4.78 is 14.1. The highest BCUT2D eigenvalue weighted by atomic mass is 32.2. The summed E-state index contributed by atoms with van der Waals surface area (Å²) in [6.07, 6.45) is 0. The van der Waals surface area contributed by atoms with Crippen LogP contribution in [0.4, 0.5) is 15.2 Å². The zero-order valence-electron chi connectivity index (χ0n) is 10.3. The lowest BCUT2D eigenvalue weighted by molar-refractivity contribution is 0.618. The first-order valence-corrected chi connectivity index (χ1v) is 6.85. The first-order valence-electron chi connectivity index (χ1n) is 5.21. The van der Waals surface area contributed by atoms with Crippen LogP contribution in [-0.2, 0) is 0 Å². The van der Waals surface area contributed by atoms with Crippen LogP contribution in [0.1, 0.15) is 5.56 Å². The van der Waals surface area contributed by atoms with Crippen LogP contribution in [0.5, 0.6) is 0 Å². The number of rotatable bonds is 3. The smallest absolute Gasteiger partial charge is 0.208 e. The fourth-order valence-corrected chi connectivity index (χ4v) is 3.12. The van der Waals surface area contributed by atoms with Crippen molar-refractivity contribution in [2.75, 3.05) is 24.7 Å². The molecule has 18 heavy (non-hydrogen) atoms. The molecule has 0 bridgehead atoms. The van der Waals surface area contributed by atoms with Gasteiger partial charge in [-0.1, -0.05) is 23.1 Å². The number of nitrogens with two attached hydrogens (primary N) is 1. The quantitative estimate of drug-likeness (QED) is 0.878. The van der Waals surface area contributed by atoms with Gasteiger partial charge in [0, 0.05) is 24.7 Å². The molecule has 0 fully saturated rings. The van der Waals surface area contributed by atoms with E-state index < -0.39 is 0 Å². The Kier molecular flexibility index (Phi) is 3.72. The first kappa shape index (κ1) is 13.1. The van der Waals surface area contributed by atoms with Crippen molar-refractivity contribution in [3.8, 4) is 0 Å². The van der Waals surface area contributed by atoms with Crippen molar-refractivity contribution in [2.45, 2.75) is 16.2 Å². The molecule has 2 rings (SSSR count). The minimum Gasteiger partial charge on any atom is -0.398 e. The van der Waals surface area contributed by atoms with Gasteiger partial charge in [-0.05, 0) is 24.6 Å². The van der Waals surface area contributed by atoms with E-state index in [1.807, 2.05) is 19.0 Å². The van der Waals surface area contributed by atoms with Gasteiger partial charge in [-0.2, -0.15) is 0 Å². The van der Waals surface area contributed by atoms with Gasteiger partial charge in [0.25, 0.3) is 0 Å². The van der Waals surface area contributed by atoms with Crippen molar-refractivity contribution in [1.29, 1.82) is 0 Å². The molecule has 1 aromatic carbocycles. The van der Waals surface area contributed by atoms with Crippen molar-refractivity contribution >= 4 is 33.9 Å². The standard InChI is InChI=1S/C11H13FN4S2/c1-6-4-9(8(13)5-7(6)12)17-11-15-14-10(18-11)16(2)3/h4-5H,13H2,1-3H3. The summed E-state index contributed by atoms with van der Waals surface area (Å²) in [5.74, 6) is -0.289. The number of anilines is 2. The Balaban J connectivity index is 2.25. The molecule has 2 aromatic rings. The lowest BCUT2D eigenvalue weighted by Crippen LogP contribution is -2.07. The molecule has 0 aliphatic carbocycles. The Morgan fingerprint density at radius 2 is 2.06 bits per heavy atom. The molecule has 2 N–H and O–H groups in total. The average molecular weight is 284 g/mol. The number of aryl methyl sites for hydroxylation is 1. The van der Waals surface area contributed by atoms with Crippen molar-refractivity contribution in [2.24, 2.45) is 0 Å². The maximum atomic E-state index is 13.3. The van der Waals surface area contributed by atoms with Crippen LogP contribution in [0.2, 0.25) is 0 Å². The van der Waals surface area contributed by atoms with E-state index >= 15 is 0 Å². The molecule has 0 aliphatic rings. The molecule has 0 saturated carbocycles. The van der Waals surface area contributed by atoms with E-state index in [4.69, 9.17) is 5.73 Å². The summed E-state index contributed by atoms with van der Waals surface area (Å²) in [5.41, 5.74) is 6.78. The predicted octanol–water partition coefficient (Wildman–Crippen LogP) is 2.79. The number of benzene rings is 1. The topological polar surface area (TPSA) is 55.0 Å². The second kappa shape index (κ2) is 5.11. The molecule has 0 atom stereocenters. The third-order valence-electron chi connectivity index (χ3n) is 2.27. The zero-order chi connectivity index (χ0) is 13.3. The van der Waals surface area contributed by atoms with E-state index in [0.29, 0.717) is 11.3 Å². The van der Waals surface area contributed by atoms with Crippen LogP contribution in [0, 0.1) is 12.7 Å². The van der Waals surface area contributed by atoms with Crippen LogP contribution in [0.3, 0.4) is 0 Å². The monoisotopic (exact) mass is 284 g/mol. The third-order valence-corrected chi connectivity index (χ3v) is 4.48. The zero-order valence-corrected chi connectivity index (χ0v) is 11.9. The van der Waals surface area contributed by atoms with Gasteiger partial charge < -0.3 is 10.6 Å². The number of hydrogen-bond donors (Lipinski definition) is 1. The molecule has 4 nitrogen and oxygen atoms in total. The highest BCUT2D eigenvalue weighted by Gasteiger charge is 2.11. The Morgan fingerprint density at radius 3 is 2.67 bits per heavy atom. The maximum absolute atomic E-state index is 13.3. The second-order valence-electron chi connectivity index (χ2n) is 3.99. The van der Waals surface area contributed by atoms with E-state index in [1.54, 1.807) is 13.0 Å². The van der Waals surface area contributed by atoms with E-state index in [0.717, 1.165) is 14.4 Å². The Bertz CT molecular complexity index is 568. The fourth-order valence-electron chi connectivity index (χ4n) is 1.28. The van der Waals surface area contributed by atoms with Crippen LogP contribution in [-0.4, -0.2) is 24.3 Å². The molecule has 0 saturated heterocycles. The Morgan fingerprint density at radius 1 is 1.33 bits per heavy atom. The van der Waals surface area contributed by atoms with Crippen LogP contribution in [0.15, 0.2) is 21.4 Å². The molecule has 96 valence electrons. The largest absolute Gasteiger partial charge is 0.398 e. The van der Waals surface area contributed by atoms with Gasteiger partial charge in [-0.25, -0.2) is 4.39 Å². The Labute approximate surface area is 113 Å². The van der Waals surface area contributed by atoms with E-state index in [2.05, 4.69) is 10.2 Å². The summed E-state index contributed by atoms with van der Waals surface area (Å²) in [7, 11) is 3.82. The fraction of sp³-hybridized carbons (Fsp3) is 0.273. The second-order valence-corrected chi connectivity index (χ2v) is 6.23. The Hall–Kier alpha value is -1.34. The van der Waals surface area contributed by atoms with Gasteiger partial charge in [-0.15, -0.1) is 10.2 Å². The minimum absolute atomic E-state index is 0.289. The SMILES string of the molecule is Cc1cc(Sc2nnc(N(C)C)s2)c(N)cc1F. The van der Waals surface area contributed by atoms with Crippen LogP contribution < -0.4 is 10.6 Å². The van der Waals surface area contributed by atoms with Gasteiger partial charge in [0.05, 0.1) is 0 Å². The molecular formula is C11H13FN4S2. The summed E-state index contributed by atoms with van der Waals surface area (Å²) in [4.78, 5) is 2.69. The highest BCUT2D eigenvalue weighted by molar-refractivity contribution is 8.01. The average Bonchev–Trinajstić information content (AvgIpc) is 2.74. The van der Waals surface area contributed by atoms with Gasteiger partial charge in [0.2, 0.25) is 5.13 Å². The molecular weight excluding hydrogens is 271 g/mol. The van der Waals surface area contributed by atoms with Gasteiger partial charge in [0.1, 0.15) is 5.82 Å². The van der Waals surface area contributed by atoms with E-state index in [9.17, 15) is 4.39 Å². The third kappa shape index (κ3) is 2.73. The minimum atomic E-state index is -0.289. The number of hydrogen-bond acceptors (Lipinski definition) is 6. The lowest BCUT2D eigenvalue weighted by atomic mass is 10.2. The van der Waals surface area contributed by atoms with Gasteiger partial charge in [-0.3, -0.25) is 0 Å². The van der Waals surface area contributed by atoms with Crippen molar-refractivity contribution in [1.82, 2.24) is 10.2 Å². The molecule has 0 spiro atoms. The first-order chi connectivity index (χ1) is 8.47. The summed E-state index contributed by atoms with van der Waals surface area (Å²) in [6, 6.07) is 3.07. The molecule has 0 radical (unpaired) electrons. The molecule has 0 aliphatic heterocycles. The summed E-state index contributed by atoms with van der Waals surface area (Å²) >= 11 is 2.87. The lowest BCUT2D eigenvalue weighted by Gasteiger charge is -2.05. The molecule has 1 aromatic heterocycles. The summed E-state index contributed by atoms with van der Waals surface area (Å²) in [6.45, 7) is 1.71. The van der Waals surface area contributed by atoms with Crippen molar-refractivity contribution in [3.63, 3.8) is 0 Å². The molecule has 0 amide bonds. The number of aromatic nitrogens is 2. The highest BCUT2D eigenvalue weighted by Crippen LogP contribution is 2.36. The van der Waals surface area contributed by atoms with Crippen LogP contribution >= 0.6 is 23.1 Å². The van der Waals surface area contributed by atoms with Gasteiger partial charge >= 0.3 is 0 Å². The van der Waals surface area contributed by atoms with E-state index in [1.165, 1.54) is 29.2 Å². The molecule has 0 unspecified atom stereocenters. The van der Waals surface area contributed by atoms with Gasteiger partial charge in [0.15, 0.2) is 4.34 Å². The summed E-state index contributed by atoms with van der Waals surface area (Å²) in [5, 5.41) is 8.94. The molecule has 7 heteroatoms. The number of halogens is 1. The number of nitrogens with zero attached hydrogens (tertiary/aromatic N) is 3.